The number of halogens is 4. The second-order valence-corrected chi connectivity index (χ2v) is 5.66. The zero-order valence-corrected chi connectivity index (χ0v) is 12.8. The number of hydrogen-bond donors (Lipinski definition) is 2. The van der Waals surface area contributed by atoms with Crippen LogP contribution in [0.3, 0.4) is 0 Å². The van der Waals surface area contributed by atoms with Gasteiger partial charge in [-0.3, -0.25) is 9.59 Å². The van der Waals surface area contributed by atoms with Crippen molar-refractivity contribution in [3.8, 4) is 0 Å². The Bertz CT molecular complexity index is 987. The van der Waals surface area contributed by atoms with Gasteiger partial charge in [0.15, 0.2) is 0 Å². The number of nitrogens with one attached hydrogen (secondary N) is 2. The molecule has 0 bridgehead atoms. The Labute approximate surface area is 143 Å². The van der Waals surface area contributed by atoms with E-state index >= 15 is 0 Å². The molecule has 0 spiro atoms. The van der Waals surface area contributed by atoms with E-state index in [1.54, 1.807) is 0 Å². The van der Waals surface area contributed by atoms with Crippen LogP contribution in [-0.4, -0.2) is 11.8 Å². The standard InChI is InChI=1S/C18H8F4N2O2/c19-7-1-3-11(21)9(5-7)15-13-14(18(26)23-15)16(24-17(13)25)10-6-8(20)2-4-12(10)22/h1-6H,(H,23,26)(H,24,25). The molecule has 0 atom stereocenters. The van der Waals surface area contributed by atoms with E-state index < -0.39 is 35.1 Å². The van der Waals surface area contributed by atoms with E-state index in [1.165, 1.54) is 0 Å². The van der Waals surface area contributed by atoms with Gasteiger partial charge in [-0.15, -0.1) is 0 Å². The topological polar surface area (TPSA) is 58.2 Å². The fourth-order valence-electron chi connectivity index (χ4n) is 2.96. The van der Waals surface area contributed by atoms with Gasteiger partial charge in [0.1, 0.15) is 23.3 Å². The van der Waals surface area contributed by atoms with E-state index in [0.717, 1.165) is 36.4 Å². The Kier molecular flexibility index (Phi) is 3.43. The van der Waals surface area contributed by atoms with Crippen molar-refractivity contribution in [1.29, 1.82) is 0 Å². The summed E-state index contributed by atoms with van der Waals surface area (Å²) in [4.78, 5) is 24.7. The van der Waals surface area contributed by atoms with Crippen LogP contribution in [0.4, 0.5) is 17.6 Å². The van der Waals surface area contributed by atoms with Gasteiger partial charge in [0.25, 0.3) is 11.8 Å². The summed E-state index contributed by atoms with van der Waals surface area (Å²) in [6, 6.07) is 5.14. The fraction of sp³-hybridized carbons (Fsp3) is 0. The van der Waals surface area contributed by atoms with E-state index in [-0.39, 0.29) is 33.7 Å². The molecule has 0 radical (unpaired) electrons. The summed E-state index contributed by atoms with van der Waals surface area (Å²) in [5, 5.41) is 4.61. The molecule has 0 saturated carbocycles. The highest BCUT2D eigenvalue weighted by Crippen LogP contribution is 2.38. The van der Waals surface area contributed by atoms with Gasteiger partial charge in [0.05, 0.1) is 22.5 Å². The van der Waals surface area contributed by atoms with Crippen molar-refractivity contribution in [2.24, 2.45) is 0 Å². The third-order valence-corrected chi connectivity index (χ3v) is 4.08. The molecule has 2 aliphatic heterocycles. The molecule has 2 amide bonds. The third kappa shape index (κ3) is 2.30. The first-order valence-corrected chi connectivity index (χ1v) is 7.39. The minimum Gasteiger partial charge on any atom is -0.320 e. The van der Waals surface area contributed by atoms with Crippen molar-refractivity contribution in [1.82, 2.24) is 10.6 Å². The number of benzene rings is 2. The molecule has 2 aromatic rings. The van der Waals surface area contributed by atoms with Gasteiger partial charge in [0, 0.05) is 11.1 Å². The highest BCUT2D eigenvalue weighted by molar-refractivity contribution is 6.30. The van der Waals surface area contributed by atoms with Crippen LogP contribution < -0.4 is 10.6 Å². The number of carbonyl (C=O) groups is 2. The predicted molar refractivity (Wildman–Crippen MR) is 82.8 cm³/mol. The van der Waals surface area contributed by atoms with Gasteiger partial charge in [-0.2, -0.15) is 0 Å². The van der Waals surface area contributed by atoms with E-state index in [0.29, 0.717) is 0 Å². The van der Waals surface area contributed by atoms with Crippen LogP contribution >= 0.6 is 0 Å². The van der Waals surface area contributed by atoms with Crippen molar-refractivity contribution in [3.05, 3.63) is 81.9 Å². The van der Waals surface area contributed by atoms with Gasteiger partial charge >= 0.3 is 0 Å². The van der Waals surface area contributed by atoms with Crippen LogP contribution in [0.2, 0.25) is 0 Å². The lowest BCUT2D eigenvalue weighted by Gasteiger charge is -2.08. The second kappa shape index (κ2) is 5.55. The van der Waals surface area contributed by atoms with Crippen molar-refractivity contribution in [3.63, 3.8) is 0 Å². The Hall–Kier alpha value is -3.42. The fourth-order valence-corrected chi connectivity index (χ4v) is 2.96. The average Bonchev–Trinajstić information content (AvgIpc) is 3.11. The molecule has 0 aromatic heterocycles. The molecule has 0 fully saturated rings. The maximum absolute atomic E-state index is 14.1. The molecule has 2 aromatic carbocycles. The molecule has 4 nitrogen and oxygen atoms in total. The quantitative estimate of drug-likeness (QED) is 0.809. The lowest BCUT2D eigenvalue weighted by molar-refractivity contribution is -0.117. The Morgan fingerprint density at radius 2 is 1.00 bits per heavy atom. The second-order valence-electron chi connectivity index (χ2n) is 5.66. The van der Waals surface area contributed by atoms with Gasteiger partial charge in [-0.1, -0.05) is 0 Å². The number of rotatable bonds is 2. The summed E-state index contributed by atoms with van der Waals surface area (Å²) in [7, 11) is 0. The van der Waals surface area contributed by atoms with Crippen LogP contribution in [0, 0.1) is 23.3 Å². The molecular weight excluding hydrogens is 352 g/mol. The molecule has 26 heavy (non-hydrogen) atoms. The lowest BCUT2D eigenvalue weighted by Crippen LogP contribution is -2.22. The van der Waals surface area contributed by atoms with E-state index in [9.17, 15) is 27.2 Å². The molecule has 2 heterocycles. The molecule has 0 unspecified atom stereocenters. The first-order valence-electron chi connectivity index (χ1n) is 7.39. The first kappa shape index (κ1) is 16.1. The first-order chi connectivity index (χ1) is 12.4. The average molecular weight is 360 g/mol. The molecule has 8 heteroatoms. The van der Waals surface area contributed by atoms with Crippen LogP contribution in [0.1, 0.15) is 11.1 Å². The Balaban J connectivity index is 1.97. The third-order valence-electron chi connectivity index (χ3n) is 4.08. The lowest BCUT2D eigenvalue weighted by atomic mass is 10.0. The summed E-state index contributed by atoms with van der Waals surface area (Å²) < 4.78 is 55.1. The van der Waals surface area contributed by atoms with E-state index in [4.69, 9.17) is 0 Å². The van der Waals surface area contributed by atoms with Crippen molar-refractivity contribution in [2.45, 2.75) is 0 Å². The van der Waals surface area contributed by atoms with Crippen LogP contribution in [0.15, 0.2) is 47.5 Å². The van der Waals surface area contributed by atoms with Crippen molar-refractivity contribution < 1.29 is 27.2 Å². The number of fused-ring (bicyclic) bond motifs is 1. The van der Waals surface area contributed by atoms with Crippen LogP contribution in [-0.2, 0) is 9.59 Å². The number of hydrogen-bond acceptors (Lipinski definition) is 2. The molecule has 2 aliphatic rings. The van der Waals surface area contributed by atoms with Gasteiger partial charge in [-0.05, 0) is 36.4 Å². The van der Waals surface area contributed by atoms with Crippen molar-refractivity contribution in [2.75, 3.05) is 0 Å². The van der Waals surface area contributed by atoms with Crippen LogP contribution in [0.25, 0.3) is 11.4 Å². The number of carbonyl (C=O) groups excluding carboxylic acids is 2. The maximum atomic E-state index is 14.1. The number of amides is 2. The Morgan fingerprint density at radius 3 is 1.38 bits per heavy atom. The van der Waals surface area contributed by atoms with Gasteiger partial charge in [0.2, 0.25) is 0 Å². The van der Waals surface area contributed by atoms with E-state index in [1.807, 2.05) is 0 Å². The summed E-state index contributed by atoms with van der Waals surface area (Å²) in [6.45, 7) is 0. The van der Waals surface area contributed by atoms with Crippen LogP contribution in [0.5, 0.6) is 0 Å². The summed E-state index contributed by atoms with van der Waals surface area (Å²) in [5.74, 6) is -4.86. The zero-order chi connectivity index (χ0) is 18.6. The molecular formula is C18H8F4N2O2. The molecule has 0 aliphatic carbocycles. The maximum Gasteiger partial charge on any atom is 0.258 e. The monoisotopic (exact) mass is 360 g/mol. The Morgan fingerprint density at radius 1 is 0.615 bits per heavy atom. The molecule has 0 saturated heterocycles. The van der Waals surface area contributed by atoms with Gasteiger partial charge in [-0.25, -0.2) is 17.6 Å². The smallest absolute Gasteiger partial charge is 0.258 e. The largest absolute Gasteiger partial charge is 0.320 e. The minimum absolute atomic E-state index is 0.230. The molecule has 4 rings (SSSR count). The normalized spacial score (nSPS) is 16.2. The predicted octanol–water partition coefficient (Wildman–Crippen LogP) is 2.63. The summed E-state index contributed by atoms with van der Waals surface area (Å²) in [5.41, 5.74) is -1.60. The zero-order valence-electron chi connectivity index (χ0n) is 12.8. The van der Waals surface area contributed by atoms with Crippen molar-refractivity contribution >= 4 is 23.2 Å². The van der Waals surface area contributed by atoms with E-state index in [2.05, 4.69) is 10.6 Å². The minimum atomic E-state index is -0.853. The summed E-state index contributed by atoms with van der Waals surface area (Å²) in [6.07, 6.45) is 0. The highest BCUT2D eigenvalue weighted by atomic mass is 19.1. The molecule has 130 valence electrons. The summed E-state index contributed by atoms with van der Waals surface area (Å²) >= 11 is 0. The molecule has 2 N–H and O–H groups in total. The van der Waals surface area contributed by atoms with Gasteiger partial charge < -0.3 is 10.6 Å². The highest BCUT2D eigenvalue weighted by Gasteiger charge is 2.42. The SMILES string of the molecule is O=C1NC(c2cc(F)ccc2F)=C2C(=O)NC(c3cc(F)ccc3F)=C12.